The number of carbonyl (C=O) groups excluding carboxylic acids is 1. The smallest absolute Gasteiger partial charge is 0.222 e. The normalized spacial score (nSPS) is 14.1. The fourth-order valence-electron chi connectivity index (χ4n) is 2.49. The van der Waals surface area contributed by atoms with E-state index in [0.717, 1.165) is 56.8 Å². The van der Waals surface area contributed by atoms with E-state index in [4.69, 9.17) is 16.3 Å². The van der Waals surface area contributed by atoms with Gasteiger partial charge >= 0.3 is 0 Å². The van der Waals surface area contributed by atoms with Crippen LogP contribution in [0.2, 0.25) is 5.02 Å². The van der Waals surface area contributed by atoms with Crippen molar-refractivity contribution < 1.29 is 9.53 Å². The Bertz CT molecular complexity index is 483. The highest BCUT2D eigenvalue weighted by Crippen LogP contribution is 2.25. The molecule has 1 saturated heterocycles. The summed E-state index contributed by atoms with van der Waals surface area (Å²) < 4.78 is 5.41. The Balaban J connectivity index is 0.00000242. The Kier molecular flexibility index (Phi) is 8.61. The summed E-state index contributed by atoms with van der Waals surface area (Å²) in [7, 11) is 0. The monoisotopic (exact) mass is 346 g/mol. The van der Waals surface area contributed by atoms with Crippen LogP contribution in [0.1, 0.15) is 31.7 Å². The Morgan fingerprint density at radius 1 is 1.41 bits per heavy atom. The van der Waals surface area contributed by atoms with Crippen LogP contribution < -0.4 is 10.1 Å². The number of ether oxygens (including phenoxy) is 1. The van der Waals surface area contributed by atoms with Crippen molar-refractivity contribution in [3.05, 3.63) is 28.8 Å². The molecule has 0 unspecified atom stereocenters. The fourth-order valence-corrected chi connectivity index (χ4v) is 2.75. The van der Waals surface area contributed by atoms with Gasteiger partial charge in [-0.25, -0.2) is 0 Å². The molecule has 1 aromatic carbocycles. The van der Waals surface area contributed by atoms with E-state index in [1.54, 1.807) is 0 Å². The van der Waals surface area contributed by atoms with Crippen molar-refractivity contribution in [1.29, 1.82) is 0 Å². The molecule has 0 radical (unpaired) electrons. The van der Waals surface area contributed by atoms with Gasteiger partial charge in [0.15, 0.2) is 0 Å². The summed E-state index contributed by atoms with van der Waals surface area (Å²) in [6.45, 7) is 6.02. The number of rotatable bonds is 8. The molecule has 0 bridgehead atoms. The van der Waals surface area contributed by atoms with Crippen LogP contribution in [0.5, 0.6) is 5.75 Å². The second-order valence-corrected chi connectivity index (χ2v) is 5.62. The van der Waals surface area contributed by atoms with Crippen LogP contribution >= 0.6 is 24.0 Å². The van der Waals surface area contributed by atoms with Gasteiger partial charge in [-0.3, -0.25) is 4.79 Å². The van der Waals surface area contributed by atoms with Crippen molar-refractivity contribution in [3.8, 4) is 5.75 Å². The van der Waals surface area contributed by atoms with E-state index >= 15 is 0 Å². The summed E-state index contributed by atoms with van der Waals surface area (Å²) in [5.74, 6) is 1.03. The largest absolute Gasteiger partial charge is 0.492 e. The fraction of sp³-hybridized carbons (Fsp3) is 0.562. The lowest BCUT2D eigenvalue weighted by Crippen LogP contribution is -2.28. The van der Waals surface area contributed by atoms with Gasteiger partial charge in [-0.1, -0.05) is 17.7 Å². The Hall–Kier alpha value is -0.970. The first-order valence-electron chi connectivity index (χ1n) is 7.60. The predicted molar refractivity (Wildman–Crippen MR) is 92.0 cm³/mol. The molecule has 124 valence electrons. The van der Waals surface area contributed by atoms with Crippen LogP contribution in [0, 0.1) is 0 Å². The number of nitrogens with zero attached hydrogens (tertiary/aromatic N) is 1. The average molecular weight is 347 g/mol. The molecule has 1 amide bonds. The molecule has 0 atom stereocenters. The maximum Gasteiger partial charge on any atom is 0.222 e. The molecule has 1 fully saturated rings. The van der Waals surface area contributed by atoms with E-state index in [9.17, 15) is 4.79 Å². The second-order valence-electron chi connectivity index (χ2n) is 5.21. The highest BCUT2D eigenvalue weighted by molar-refractivity contribution is 6.32. The molecule has 1 N–H and O–H groups in total. The van der Waals surface area contributed by atoms with Gasteiger partial charge in [0.2, 0.25) is 5.91 Å². The minimum Gasteiger partial charge on any atom is -0.492 e. The molecule has 1 heterocycles. The first-order valence-corrected chi connectivity index (χ1v) is 7.98. The molecule has 4 nitrogen and oxygen atoms in total. The highest BCUT2D eigenvalue weighted by atomic mass is 35.5. The van der Waals surface area contributed by atoms with Crippen molar-refractivity contribution in [1.82, 2.24) is 10.2 Å². The van der Waals surface area contributed by atoms with E-state index in [-0.39, 0.29) is 12.4 Å². The first-order chi connectivity index (χ1) is 10.2. The maximum atomic E-state index is 11.5. The van der Waals surface area contributed by atoms with Crippen LogP contribution in [0.15, 0.2) is 18.2 Å². The van der Waals surface area contributed by atoms with E-state index in [1.165, 1.54) is 0 Å². The zero-order chi connectivity index (χ0) is 15.1. The first kappa shape index (κ1) is 19.1. The summed E-state index contributed by atoms with van der Waals surface area (Å²) in [5, 5.41) is 4.03. The number of amides is 1. The third kappa shape index (κ3) is 5.67. The van der Waals surface area contributed by atoms with Crippen molar-refractivity contribution in [3.63, 3.8) is 0 Å². The van der Waals surface area contributed by atoms with Crippen LogP contribution in [0.25, 0.3) is 0 Å². The van der Waals surface area contributed by atoms with Gasteiger partial charge in [0.1, 0.15) is 5.75 Å². The van der Waals surface area contributed by atoms with Crippen LogP contribution in [-0.2, 0) is 11.3 Å². The van der Waals surface area contributed by atoms with E-state index in [2.05, 4.69) is 5.32 Å². The van der Waals surface area contributed by atoms with Gasteiger partial charge in [0.25, 0.3) is 0 Å². The Morgan fingerprint density at radius 2 is 2.23 bits per heavy atom. The molecular weight excluding hydrogens is 323 g/mol. The molecule has 2 rings (SSSR count). The zero-order valence-corrected chi connectivity index (χ0v) is 14.5. The number of benzene rings is 1. The van der Waals surface area contributed by atoms with Crippen molar-refractivity contribution in [2.75, 3.05) is 26.2 Å². The van der Waals surface area contributed by atoms with Crippen molar-refractivity contribution in [2.45, 2.75) is 32.7 Å². The van der Waals surface area contributed by atoms with Crippen LogP contribution in [0.4, 0.5) is 0 Å². The van der Waals surface area contributed by atoms with Gasteiger partial charge in [0, 0.05) is 26.1 Å². The van der Waals surface area contributed by atoms with Crippen LogP contribution in [0.3, 0.4) is 0 Å². The Labute approximate surface area is 143 Å². The number of hydrogen-bond donors (Lipinski definition) is 1. The minimum atomic E-state index is 0. The van der Waals surface area contributed by atoms with Gasteiger partial charge in [-0.05, 0) is 44.0 Å². The summed E-state index contributed by atoms with van der Waals surface area (Å²) in [6.07, 6.45) is 2.71. The summed E-state index contributed by atoms with van der Waals surface area (Å²) in [5.41, 5.74) is 1.14. The topological polar surface area (TPSA) is 41.6 Å². The highest BCUT2D eigenvalue weighted by Gasteiger charge is 2.18. The molecule has 1 aliphatic heterocycles. The quantitative estimate of drug-likeness (QED) is 0.734. The summed E-state index contributed by atoms with van der Waals surface area (Å²) in [4.78, 5) is 13.4. The van der Waals surface area contributed by atoms with E-state index in [1.807, 2.05) is 30.0 Å². The molecule has 6 heteroatoms. The predicted octanol–water partition coefficient (Wildman–Crippen LogP) is 3.26. The van der Waals surface area contributed by atoms with Gasteiger partial charge < -0.3 is 15.0 Å². The molecule has 0 spiro atoms. The maximum absolute atomic E-state index is 11.5. The second kappa shape index (κ2) is 9.93. The lowest BCUT2D eigenvalue weighted by Gasteiger charge is -2.15. The number of hydrogen-bond acceptors (Lipinski definition) is 3. The third-order valence-corrected chi connectivity index (χ3v) is 3.87. The number of halogens is 2. The number of nitrogens with one attached hydrogen (secondary N) is 1. The SMILES string of the molecule is CCOc1ccc(CNCCCN2CCCC2=O)cc1Cl.Cl. The number of carbonyl (C=O) groups is 1. The van der Waals surface area contributed by atoms with Crippen molar-refractivity contribution in [2.24, 2.45) is 0 Å². The molecule has 1 aromatic rings. The molecular formula is C16H24Cl2N2O2. The van der Waals surface area contributed by atoms with Gasteiger partial charge in [-0.15, -0.1) is 12.4 Å². The standard InChI is InChI=1S/C16H23ClN2O2.ClH/c1-2-21-15-7-6-13(11-14(15)17)12-18-8-4-10-19-9-3-5-16(19)20;/h6-7,11,18H,2-5,8-10,12H2,1H3;1H. The number of likely N-dealkylation sites (tertiary alicyclic amines) is 1. The summed E-state index contributed by atoms with van der Waals surface area (Å²) >= 11 is 6.15. The van der Waals surface area contributed by atoms with Gasteiger partial charge in [0.05, 0.1) is 11.6 Å². The van der Waals surface area contributed by atoms with E-state index < -0.39 is 0 Å². The van der Waals surface area contributed by atoms with Crippen LogP contribution in [-0.4, -0.2) is 37.0 Å². The average Bonchev–Trinajstić information content (AvgIpc) is 2.87. The molecule has 22 heavy (non-hydrogen) atoms. The lowest BCUT2D eigenvalue weighted by atomic mass is 10.2. The Morgan fingerprint density at radius 3 is 2.86 bits per heavy atom. The lowest BCUT2D eigenvalue weighted by molar-refractivity contribution is -0.127. The minimum absolute atomic E-state index is 0. The third-order valence-electron chi connectivity index (χ3n) is 3.58. The zero-order valence-electron chi connectivity index (χ0n) is 12.9. The van der Waals surface area contributed by atoms with Gasteiger partial charge in [-0.2, -0.15) is 0 Å². The molecule has 0 saturated carbocycles. The molecule has 0 aliphatic carbocycles. The summed E-state index contributed by atoms with van der Waals surface area (Å²) in [6, 6.07) is 5.86. The molecule has 1 aliphatic rings. The van der Waals surface area contributed by atoms with Crippen molar-refractivity contribution >= 4 is 29.9 Å². The van der Waals surface area contributed by atoms with E-state index in [0.29, 0.717) is 17.5 Å². The molecule has 0 aromatic heterocycles.